The molecule has 35 heavy (non-hydrogen) atoms. The van der Waals surface area contributed by atoms with E-state index in [-0.39, 0.29) is 28.5 Å². The van der Waals surface area contributed by atoms with Crippen molar-refractivity contribution in [3.63, 3.8) is 0 Å². The zero-order chi connectivity index (χ0) is 25.0. The number of sulfonamides is 1. The van der Waals surface area contributed by atoms with Gasteiger partial charge in [-0.3, -0.25) is 24.7 Å². The van der Waals surface area contributed by atoms with Gasteiger partial charge in [0, 0.05) is 12.6 Å². The van der Waals surface area contributed by atoms with E-state index in [0.717, 1.165) is 11.6 Å². The highest BCUT2D eigenvalue weighted by Crippen LogP contribution is 2.33. The van der Waals surface area contributed by atoms with Crippen molar-refractivity contribution >= 4 is 27.5 Å². The van der Waals surface area contributed by atoms with Crippen LogP contribution in [0, 0.1) is 5.82 Å². The number of methoxy groups -OCH3 is 1. The Labute approximate surface area is 201 Å². The third kappa shape index (κ3) is 5.19. The number of anilines is 1. The van der Waals surface area contributed by atoms with Crippen molar-refractivity contribution in [2.75, 3.05) is 24.6 Å². The number of ether oxygens (including phenoxy) is 2. The van der Waals surface area contributed by atoms with Crippen LogP contribution in [0.5, 0.6) is 11.5 Å². The first-order valence-corrected chi connectivity index (χ1v) is 12.0. The van der Waals surface area contributed by atoms with Crippen LogP contribution in [0.15, 0.2) is 71.6 Å². The summed E-state index contributed by atoms with van der Waals surface area (Å²) in [6, 6.07) is 16.4. The highest BCUT2D eigenvalue weighted by molar-refractivity contribution is 7.92. The molecular weight excluding hydrogens is 477 g/mol. The lowest BCUT2D eigenvalue weighted by Gasteiger charge is -2.20. The van der Waals surface area contributed by atoms with Crippen LogP contribution in [0.1, 0.15) is 15.9 Å². The Hall–Kier alpha value is -4.12. The largest absolute Gasteiger partial charge is 0.496 e. The van der Waals surface area contributed by atoms with Gasteiger partial charge >= 0.3 is 0 Å². The molecule has 0 aliphatic carbocycles. The predicted octanol–water partition coefficient (Wildman–Crippen LogP) is 2.43. The van der Waals surface area contributed by atoms with Crippen molar-refractivity contribution in [2.45, 2.75) is 11.3 Å². The predicted molar refractivity (Wildman–Crippen MR) is 125 cm³/mol. The Morgan fingerprint density at radius 2 is 1.83 bits per heavy atom. The summed E-state index contributed by atoms with van der Waals surface area (Å²) in [5, 5.41) is 0. The number of hydrogen-bond donors (Lipinski definition) is 2. The lowest BCUT2D eigenvalue weighted by Crippen LogP contribution is -2.44. The number of nitrogens with zero attached hydrogens (tertiary/aromatic N) is 1. The van der Waals surface area contributed by atoms with Crippen molar-refractivity contribution in [1.82, 2.24) is 10.9 Å². The summed E-state index contributed by atoms with van der Waals surface area (Å²) in [6.07, 6.45) is 0.586. The van der Waals surface area contributed by atoms with Gasteiger partial charge in [0.1, 0.15) is 17.3 Å². The minimum Gasteiger partial charge on any atom is -0.496 e. The molecule has 0 fully saturated rings. The molecule has 2 N–H and O–H groups in total. The van der Waals surface area contributed by atoms with Gasteiger partial charge in [-0.25, -0.2) is 12.8 Å². The van der Waals surface area contributed by atoms with Crippen molar-refractivity contribution in [3.8, 4) is 11.5 Å². The van der Waals surface area contributed by atoms with Crippen LogP contribution in [0.2, 0.25) is 0 Å². The fourth-order valence-corrected chi connectivity index (χ4v) is 5.18. The quantitative estimate of drug-likeness (QED) is 0.483. The lowest BCUT2D eigenvalue weighted by molar-refractivity contribution is -0.123. The van der Waals surface area contributed by atoms with Gasteiger partial charge in [-0.05, 0) is 48.4 Å². The highest BCUT2D eigenvalue weighted by atomic mass is 32.2. The van der Waals surface area contributed by atoms with Crippen LogP contribution < -0.4 is 24.6 Å². The number of fused-ring (bicyclic) bond motifs is 1. The molecule has 9 nitrogen and oxygen atoms in total. The molecule has 1 heterocycles. The minimum atomic E-state index is -3.95. The number of hydrazine groups is 1. The van der Waals surface area contributed by atoms with Crippen molar-refractivity contribution in [3.05, 3.63) is 83.7 Å². The SMILES string of the molecule is COc1ccc(S(=O)(=O)N2CCc3ccccc32)cc1C(=O)NNC(=O)COc1cccc(F)c1. The van der Waals surface area contributed by atoms with Crippen molar-refractivity contribution in [2.24, 2.45) is 0 Å². The second kappa shape index (κ2) is 10.0. The summed E-state index contributed by atoms with van der Waals surface area (Å²) in [7, 11) is -2.61. The molecule has 1 aliphatic heterocycles. The first-order valence-electron chi connectivity index (χ1n) is 10.6. The number of amides is 2. The fraction of sp³-hybridized carbons (Fsp3) is 0.167. The number of carbonyl (C=O) groups excluding carboxylic acids is 2. The van der Waals surface area contributed by atoms with Gasteiger partial charge in [-0.1, -0.05) is 24.3 Å². The van der Waals surface area contributed by atoms with Crippen LogP contribution in [0.3, 0.4) is 0 Å². The lowest BCUT2D eigenvalue weighted by atomic mass is 10.2. The molecular formula is C24H22FN3O6S. The van der Waals surface area contributed by atoms with E-state index < -0.39 is 34.3 Å². The molecule has 0 bridgehead atoms. The third-order valence-electron chi connectivity index (χ3n) is 5.33. The average molecular weight is 500 g/mol. The van der Waals surface area contributed by atoms with Crippen LogP contribution in [0.4, 0.5) is 10.1 Å². The Bertz CT molecular complexity index is 1380. The number of carbonyl (C=O) groups is 2. The summed E-state index contributed by atoms with van der Waals surface area (Å²) in [6.45, 7) is -0.194. The maximum absolute atomic E-state index is 13.3. The number of rotatable bonds is 7. The monoisotopic (exact) mass is 499 g/mol. The van der Waals surface area contributed by atoms with Crippen LogP contribution in [-0.2, 0) is 21.2 Å². The Balaban J connectivity index is 1.46. The maximum Gasteiger partial charge on any atom is 0.276 e. The molecule has 3 aromatic rings. The smallest absolute Gasteiger partial charge is 0.276 e. The molecule has 0 aromatic heterocycles. The molecule has 0 atom stereocenters. The van der Waals surface area contributed by atoms with Gasteiger partial charge in [0.15, 0.2) is 6.61 Å². The second-order valence-electron chi connectivity index (χ2n) is 7.57. The summed E-state index contributed by atoms with van der Waals surface area (Å²) in [5.41, 5.74) is 5.80. The van der Waals surface area contributed by atoms with Gasteiger partial charge in [0.25, 0.3) is 21.8 Å². The van der Waals surface area contributed by atoms with E-state index in [1.54, 1.807) is 12.1 Å². The average Bonchev–Trinajstić information content (AvgIpc) is 3.31. The molecule has 0 unspecified atom stereocenters. The highest BCUT2D eigenvalue weighted by Gasteiger charge is 2.31. The summed E-state index contributed by atoms with van der Waals surface area (Å²) in [4.78, 5) is 24.7. The number of para-hydroxylation sites is 1. The van der Waals surface area contributed by atoms with E-state index in [2.05, 4.69) is 10.9 Å². The van der Waals surface area contributed by atoms with E-state index >= 15 is 0 Å². The zero-order valence-electron chi connectivity index (χ0n) is 18.7. The second-order valence-corrected chi connectivity index (χ2v) is 9.43. The molecule has 0 saturated carbocycles. The van der Waals surface area contributed by atoms with Crippen LogP contribution in [-0.4, -0.2) is 40.5 Å². The molecule has 3 aromatic carbocycles. The minimum absolute atomic E-state index is 0.0904. The van der Waals surface area contributed by atoms with Gasteiger partial charge in [0.05, 0.1) is 23.3 Å². The molecule has 4 rings (SSSR count). The molecule has 0 radical (unpaired) electrons. The van der Waals surface area contributed by atoms with E-state index in [0.29, 0.717) is 12.1 Å². The first kappa shape index (κ1) is 24.0. The molecule has 182 valence electrons. The van der Waals surface area contributed by atoms with E-state index in [1.165, 1.54) is 47.8 Å². The molecule has 2 amide bonds. The van der Waals surface area contributed by atoms with Gasteiger partial charge in [0.2, 0.25) is 0 Å². The van der Waals surface area contributed by atoms with Crippen molar-refractivity contribution < 1.29 is 31.9 Å². The van der Waals surface area contributed by atoms with E-state index in [1.807, 2.05) is 12.1 Å². The zero-order valence-corrected chi connectivity index (χ0v) is 19.5. The normalized spacial score (nSPS) is 12.6. The number of benzene rings is 3. The summed E-state index contributed by atoms with van der Waals surface area (Å²) < 4.78 is 51.5. The molecule has 0 spiro atoms. The van der Waals surface area contributed by atoms with Gasteiger partial charge in [-0.2, -0.15) is 0 Å². The number of hydrogen-bond acceptors (Lipinski definition) is 6. The maximum atomic E-state index is 13.3. The topological polar surface area (TPSA) is 114 Å². The Morgan fingerprint density at radius 1 is 1.03 bits per heavy atom. The Morgan fingerprint density at radius 3 is 2.60 bits per heavy atom. The Kier molecular flexibility index (Phi) is 6.87. The standard InChI is InChI=1S/C24H22FN3O6S/c1-33-22-10-9-19(35(31,32)28-12-11-16-5-2-3-8-21(16)28)14-20(22)24(30)27-26-23(29)15-34-18-7-4-6-17(25)13-18/h2-10,13-14H,11-12,15H2,1H3,(H,26,29)(H,27,30). The van der Waals surface area contributed by atoms with Crippen molar-refractivity contribution in [1.29, 1.82) is 0 Å². The van der Waals surface area contributed by atoms with E-state index in [9.17, 15) is 22.4 Å². The van der Waals surface area contributed by atoms with Crippen LogP contribution in [0.25, 0.3) is 0 Å². The third-order valence-corrected chi connectivity index (χ3v) is 7.14. The summed E-state index contributed by atoms with van der Waals surface area (Å²) in [5.74, 6) is -1.75. The number of halogens is 1. The van der Waals surface area contributed by atoms with Gasteiger partial charge in [-0.15, -0.1) is 0 Å². The van der Waals surface area contributed by atoms with Gasteiger partial charge < -0.3 is 9.47 Å². The molecule has 1 aliphatic rings. The van der Waals surface area contributed by atoms with E-state index in [4.69, 9.17) is 9.47 Å². The summed E-state index contributed by atoms with van der Waals surface area (Å²) >= 11 is 0. The fourth-order valence-electron chi connectivity index (χ4n) is 3.65. The molecule has 11 heteroatoms. The first-order chi connectivity index (χ1) is 16.8. The van der Waals surface area contributed by atoms with Crippen LogP contribution >= 0.6 is 0 Å². The molecule has 0 saturated heterocycles. The number of nitrogens with one attached hydrogen (secondary N) is 2.